The van der Waals surface area contributed by atoms with E-state index in [-0.39, 0.29) is 57.1 Å². The fraction of sp³-hybridized carbons (Fsp3) is 0.400. The highest BCUT2D eigenvalue weighted by Crippen LogP contribution is 2.33. The van der Waals surface area contributed by atoms with Crippen molar-refractivity contribution in [2.75, 3.05) is 27.0 Å². The largest absolute Gasteiger partial charge is 0.469 e. The van der Waals surface area contributed by atoms with E-state index in [2.05, 4.69) is 11.3 Å². The molecule has 0 saturated heterocycles. The Morgan fingerprint density at radius 3 is 2.53 bits per heavy atom. The molecule has 9 nitrogen and oxygen atoms in total. The normalized spacial score (nSPS) is 11.7. The SMILES string of the molecule is C=CCN(CC(=O)N(Cc1ccc2c(c1)OCO2)Cc1ccc(C)o1)C(=O)CCCC(=O)OC. The number of hydrogen-bond acceptors (Lipinski definition) is 7. The maximum atomic E-state index is 13.3. The van der Waals surface area contributed by atoms with Crippen molar-refractivity contribution in [3.8, 4) is 11.5 Å². The van der Waals surface area contributed by atoms with E-state index in [0.29, 0.717) is 30.2 Å². The van der Waals surface area contributed by atoms with Crippen LogP contribution < -0.4 is 9.47 Å². The average molecular weight is 471 g/mol. The van der Waals surface area contributed by atoms with Gasteiger partial charge in [-0.15, -0.1) is 6.58 Å². The number of amides is 2. The molecular formula is C25H30N2O7. The summed E-state index contributed by atoms with van der Waals surface area (Å²) in [5.41, 5.74) is 0.862. The molecule has 0 N–H and O–H groups in total. The number of furan rings is 1. The van der Waals surface area contributed by atoms with E-state index in [1.807, 2.05) is 37.3 Å². The highest BCUT2D eigenvalue weighted by atomic mass is 16.7. The molecule has 0 saturated carbocycles. The van der Waals surface area contributed by atoms with Crippen molar-refractivity contribution in [3.63, 3.8) is 0 Å². The summed E-state index contributed by atoms with van der Waals surface area (Å²) in [6.45, 7) is 6.36. The summed E-state index contributed by atoms with van der Waals surface area (Å²) in [6, 6.07) is 9.20. The predicted molar refractivity (Wildman–Crippen MR) is 123 cm³/mol. The molecule has 0 aliphatic carbocycles. The molecule has 3 rings (SSSR count). The number of ether oxygens (including phenoxy) is 3. The molecule has 0 spiro atoms. The van der Waals surface area contributed by atoms with Crippen molar-refractivity contribution in [1.82, 2.24) is 9.80 Å². The van der Waals surface area contributed by atoms with Crippen molar-refractivity contribution >= 4 is 17.8 Å². The second-order valence-electron chi connectivity index (χ2n) is 7.94. The molecule has 2 aromatic rings. The minimum atomic E-state index is -0.372. The number of nitrogens with zero attached hydrogens (tertiary/aromatic N) is 2. The topological polar surface area (TPSA) is 98.5 Å². The number of fused-ring (bicyclic) bond motifs is 1. The lowest BCUT2D eigenvalue weighted by molar-refractivity contribution is -0.142. The van der Waals surface area contributed by atoms with Gasteiger partial charge in [0.05, 0.1) is 13.7 Å². The maximum Gasteiger partial charge on any atom is 0.305 e. The predicted octanol–water partition coefficient (Wildman–Crippen LogP) is 3.20. The third-order valence-corrected chi connectivity index (χ3v) is 5.33. The lowest BCUT2D eigenvalue weighted by Crippen LogP contribution is -2.42. The number of benzene rings is 1. The first-order chi connectivity index (χ1) is 16.4. The molecule has 1 aromatic heterocycles. The lowest BCUT2D eigenvalue weighted by atomic mass is 10.1. The minimum Gasteiger partial charge on any atom is -0.469 e. The lowest BCUT2D eigenvalue weighted by Gasteiger charge is -2.27. The summed E-state index contributed by atoms with van der Waals surface area (Å²) in [7, 11) is 1.31. The van der Waals surface area contributed by atoms with Gasteiger partial charge in [0.1, 0.15) is 18.1 Å². The van der Waals surface area contributed by atoms with Gasteiger partial charge in [-0.2, -0.15) is 0 Å². The number of aryl methyl sites for hydroxylation is 1. The highest BCUT2D eigenvalue weighted by molar-refractivity contribution is 5.85. The Morgan fingerprint density at radius 1 is 1.03 bits per heavy atom. The van der Waals surface area contributed by atoms with Crippen LogP contribution in [0, 0.1) is 6.92 Å². The van der Waals surface area contributed by atoms with E-state index in [9.17, 15) is 14.4 Å². The molecule has 0 bridgehead atoms. The molecular weight excluding hydrogens is 440 g/mol. The van der Waals surface area contributed by atoms with Crippen molar-refractivity contribution in [3.05, 3.63) is 60.1 Å². The molecule has 0 atom stereocenters. The van der Waals surface area contributed by atoms with Gasteiger partial charge in [0, 0.05) is 25.9 Å². The molecule has 1 aromatic carbocycles. The van der Waals surface area contributed by atoms with Crippen molar-refractivity contribution < 1.29 is 33.0 Å². The van der Waals surface area contributed by atoms with Gasteiger partial charge in [0.2, 0.25) is 18.6 Å². The molecule has 2 amide bonds. The fourth-order valence-electron chi connectivity index (χ4n) is 3.57. The maximum absolute atomic E-state index is 13.3. The van der Waals surface area contributed by atoms with Gasteiger partial charge in [-0.05, 0) is 43.2 Å². The molecule has 0 radical (unpaired) electrons. The summed E-state index contributed by atoms with van der Waals surface area (Å²) in [5, 5.41) is 0. The van der Waals surface area contributed by atoms with E-state index < -0.39 is 0 Å². The quantitative estimate of drug-likeness (QED) is 0.347. The Labute approximate surface area is 198 Å². The molecule has 34 heavy (non-hydrogen) atoms. The summed E-state index contributed by atoms with van der Waals surface area (Å²) in [4.78, 5) is 40.4. The average Bonchev–Trinajstić information content (AvgIpc) is 3.46. The number of rotatable bonds is 12. The smallest absolute Gasteiger partial charge is 0.305 e. The van der Waals surface area contributed by atoms with Gasteiger partial charge >= 0.3 is 5.97 Å². The summed E-state index contributed by atoms with van der Waals surface area (Å²) >= 11 is 0. The van der Waals surface area contributed by atoms with Gasteiger partial charge in [-0.25, -0.2) is 0 Å². The molecule has 2 heterocycles. The third kappa shape index (κ3) is 6.87. The van der Waals surface area contributed by atoms with Crippen LogP contribution in [0.15, 0.2) is 47.4 Å². The molecule has 0 fully saturated rings. The van der Waals surface area contributed by atoms with E-state index in [1.54, 1.807) is 11.0 Å². The summed E-state index contributed by atoms with van der Waals surface area (Å²) in [6.07, 6.45) is 2.20. The van der Waals surface area contributed by atoms with Crippen LogP contribution in [0.1, 0.15) is 36.3 Å². The number of hydrogen-bond donors (Lipinski definition) is 0. The molecule has 1 aliphatic heterocycles. The first-order valence-electron chi connectivity index (χ1n) is 11.1. The number of esters is 1. The fourth-order valence-corrected chi connectivity index (χ4v) is 3.57. The van der Waals surface area contributed by atoms with Crippen molar-refractivity contribution in [2.45, 2.75) is 39.3 Å². The van der Waals surface area contributed by atoms with Crippen LogP contribution in [0.25, 0.3) is 0 Å². The van der Waals surface area contributed by atoms with E-state index >= 15 is 0 Å². The second-order valence-corrected chi connectivity index (χ2v) is 7.94. The third-order valence-electron chi connectivity index (χ3n) is 5.33. The Kier molecular flexibility index (Phi) is 8.73. The second kappa shape index (κ2) is 11.9. The Bertz CT molecular complexity index is 1030. The van der Waals surface area contributed by atoms with Crippen LogP contribution in [-0.4, -0.2) is 54.6 Å². The molecule has 1 aliphatic rings. The number of carbonyl (C=O) groups is 3. The minimum absolute atomic E-state index is 0.118. The summed E-state index contributed by atoms with van der Waals surface area (Å²) < 4.78 is 21.1. The van der Waals surface area contributed by atoms with Crippen LogP contribution >= 0.6 is 0 Å². The standard InChI is InChI=1S/C25H30N2O7/c1-4-12-26(23(28)6-5-7-25(30)31-3)16-24(29)27(15-20-10-8-18(2)34-20)14-19-9-11-21-22(13-19)33-17-32-21/h4,8-11,13H,1,5-7,12,14-17H2,2-3H3. The molecule has 0 unspecified atom stereocenters. The number of carbonyl (C=O) groups excluding carboxylic acids is 3. The zero-order chi connectivity index (χ0) is 24.5. The Morgan fingerprint density at radius 2 is 1.82 bits per heavy atom. The van der Waals surface area contributed by atoms with E-state index in [1.165, 1.54) is 12.0 Å². The summed E-state index contributed by atoms with van der Waals surface area (Å²) in [5.74, 6) is 1.85. The Hall–Kier alpha value is -3.75. The van der Waals surface area contributed by atoms with Gasteiger partial charge in [-0.1, -0.05) is 12.1 Å². The van der Waals surface area contributed by atoms with Gasteiger partial charge in [0.25, 0.3) is 0 Å². The highest BCUT2D eigenvalue weighted by Gasteiger charge is 2.23. The van der Waals surface area contributed by atoms with Gasteiger partial charge < -0.3 is 28.4 Å². The van der Waals surface area contributed by atoms with Crippen LogP contribution in [0.5, 0.6) is 11.5 Å². The van der Waals surface area contributed by atoms with Crippen molar-refractivity contribution in [1.29, 1.82) is 0 Å². The van der Waals surface area contributed by atoms with Crippen molar-refractivity contribution in [2.24, 2.45) is 0 Å². The van der Waals surface area contributed by atoms with E-state index in [0.717, 1.165) is 11.3 Å². The van der Waals surface area contributed by atoms with Crippen LogP contribution in [0.3, 0.4) is 0 Å². The Balaban J connectivity index is 1.71. The van der Waals surface area contributed by atoms with Gasteiger partial charge in [0.15, 0.2) is 11.5 Å². The molecule has 182 valence electrons. The zero-order valence-corrected chi connectivity index (χ0v) is 19.6. The number of methoxy groups -OCH3 is 1. The monoisotopic (exact) mass is 470 g/mol. The first kappa shape index (κ1) is 24.9. The van der Waals surface area contributed by atoms with Crippen LogP contribution in [0.4, 0.5) is 0 Å². The first-order valence-corrected chi connectivity index (χ1v) is 11.1. The van der Waals surface area contributed by atoms with E-state index in [4.69, 9.17) is 13.9 Å². The van der Waals surface area contributed by atoms with Gasteiger partial charge in [-0.3, -0.25) is 14.4 Å². The zero-order valence-electron chi connectivity index (χ0n) is 19.6. The van der Waals surface area contributed by atoms with Crippen LogP contribution in [0.2, 0.25) is 0 Å². The van der Waals surface area contributed by atoms with Crippen LogP contribution in [-0.2, 0) is 32.2 Å². The molecule has 9 heteroatoms.